The van der Waals surface area contributed by atoms with Gasteiger partial charge >= 0.3 is 0 Å². The molecule has 0 atom stereocenters. The SMILES string of the molecule is O=C(C=Cc1cccc(C(=O)NN=Cc2cccc(OCCO)c2)c1)NO. The Bertz CT molecular complexity index is 849. The van der Waals surface area contributed by atoms with E-state index in [2.05, 4.69) is 10.5 Å². The Morgan fingerprint density at radius 1 is 1.11 bits per heavy atom. The lowest BCUT2D eigenvalue weighted by molar-refractivity contribution is -0.124. The smallest absolute Gasteiger partial charge is 0.271 e. The van der Waals surface area contributed by atoms with E-state index in [1.165, 1.54) is 17.8 Å². The molecule has 8 heteroatoms. The van der Waals surface area contributed by atoms with Crippen LogP contribution in [0.4, 0.5) is 0 Å². The van der Waals surface area contributed by atoms with Crippen LogP contribution in [0.1, 0.15) is 21.5 Å². The molecule has 0 radical (unpaired) electrons. The summed E-state index contributed by atoms with van der Waals surface area (Å²) in [5, 5.41) is 21.1. The molecular weight excluding hydrogens is 350 g/mol. The van der Waals surface area contributed by atoms with Gasteiger partial charge in [0.05, 0.1) is 12.8 Å². The number of aliphatic hydroxyl groups excluding tert-OH is 1. The first kappa shape index (κ1) is 19.8. The molecule has 140 valence electrons. The molecule has 0 fully saturated rings. The highest BCUT2D eigenvalue weighted by molar-refractivity contribution is 5.96. The Morgan fingerprint density at radius 2 is 1.89 bits per heavy atom. The van der Waals surface area contributed by atoms with Crippen LogP contribution >= 0.6 is 0 Å². The van der Waals surface area contributed by atoms with Crippen molar-refractivity contribution in [1.82, 2.24) is 10.9 Å². The van der Waals surface area contributed by atoms with Gasteiger partial charge in [0.15, 0.2) is 0 Å². The van der Waals surface area contributed by atoms with Gasteiger partial charge in [0, 0.05) is 11.6 Å². The lowest BCUT2D eigenvalue weighted by Gasteiger charge is -2.04. The molecule has 0 aliphatic heterocycles. The molecular formula is C19H19N3O5. The van der Waals surface area contributed by atoms with E-state index in [9.17, 15) is 9.59 Å². The molecule has 8 nitrogen and oxygen atoms in total. The Hall–Kier alpha value is -3.49. The number of hydrogen-bond acceptors (Lipinski definition) is 6. The highest BCUT2D eigenvalue weighted by atomic mass is 16.5. The van der Waals surface area contributed by atoms with E-state index in [4.69, 9.17) is 15.1 Å². The Kier molecular flexibility index (Phi) is 7.70. The summed E-state index contributed by atoms with van der Waals surface area (Å²) in [6.45, 7) is 0.120. The van der Waals surface area contributed by atoms with Crippen LogP contribution in [0.2, 0.25) is 0 Å². The number of rotatable bonds is 8. The molecule has 0 saturated heterocycles. The van der Waals surface area contributed by atoms with Crippen LogP contribution in [0.15, 0.2) is 59.7 Å². The van der Waals surface area contributed by atoms with E-state index >= 15 is 0 Å². The number of hydrazone groups is 1. The number of hydrogen-bond donors (Lipinski definition) is 4. The maximum atomic E-state index is 12.2. The average molecular weight is 369 g/mol. The standard InChI is InChI=1S/C19H19N3O5/c23-9-10-27-17-6-2-4-15(12-17)13-20-21-19(25)16-5-1-3-14(11-16)7-8-18(24)22-26/h1-8,11-13,23,26H,9-10H2,(H,21,25)(H,22,24). The number of benzene rings is 2. The van der Waals surface area contributed by atoms with Crippen LogP contribution in [0.3, 0.4) is 0 Å². The second-order valence-corrected chi connectivity index (χ2v) is 5.28. The monoisotopic (exact) mass is 369 g/mol. The number of ether oxygens (including phenoxy) is 1. The molecule has 0 aliphatic carbocycles. The third kappa shape index (κ3) is 6.73. The van der Waals surface area contributed by atoms with E-state index in [-0.39, 0.29) is 13.2 Å². The second kappa shape index (κ2) is 10.5. The second-order valence-electron chi connectivity index (χ2n) is 5.28. The number of nitrogens with zero attached hydrogens (tertiary/aromatic N) is 1. The van der Waals surface area contributed by atoms with Crippen LogP contribution < -0.4 is 15.6 Å². The summed E-state index contributed by atoms with van der Waals surface area (Å²) in [6.07, 6.45) is 4.07. The zero-order chi connectivity index (χ0) is 19.5. The van der Waals surface area contributed by atoms with E-state index < -0.39 is 11.8 Å². The zero-order valence-corrected chi connectivity index (χ0v) is 14.3. The zero-order valence-electron chi connectivity index (χ0n) is 14.3. The number of amides is 2. The number of carbonyl (C=O) groups excluding carboxylic acids is 2. The van der Waals surface area contributed by atoms with Gasteiger partial charge in [-0.2, -0.15) is 5.10 Å². The maximum absolute atomic E-state index is 12.2. The van der Waals surface area contributed by atoms with Gasteiger partial charge in [-0.25, -0.2) is 10.9 Å². The van der Waals surface area contributed by atoms with Gasteiger partial charge in [-0.3, -0.25) is 14.8 Å². The van der Waals surface area contributed by atoms with Crippen molar-refractivity contribution in [1.29, 1.82) is 0 Å². The number of hydroxylamine groups is 1. The number of aliphatic hydroxyl groups is 1. The predicted octanol–water partition coefficient (Wildman–Crippen LogP) is 1.34. The number of carbonyl (C=O) groups is 2. The number of nitrogens with one attached hydrogen (secondary N) is 2. The summed E-state index contributed by atoms with van der Waals surface area (Å²) in [6, 6.07) is 13.6. The summed E-state index contributed by atoms with van der Waals surface area (Å²) in [5.41, 5.74) is 5.60. The van der Waals surface area contributed by atoms with Gasteiger partial charge in [-0.15, -0.1) is 0 Å². The van der Waals surface area contributed by atoms with Crippen LogP contribution in [-0.2, 0) is 4.79 Å². The lowest BCUT2D eigenvalue weighted by Crippen LogP contribution is -2.17. The first-order valence-corrected chi connectivity index (χ1v) is 8.01. The van der Waals surface area contributed by atoms with Crippen molar-refractivity contribution >= 4 is 24.1 Å². The molecule has 2 amide bonds. The normalized spacial score (nSPS) is 10.9. The molecule has 0 spiro atoms. The molecule has 0 unspecified atom stereocenters. The molecule has 2 rings (SSSR count). The van der Waals surface area contributed by atoms with Crippen molar-refractivity contribution in [2.45, 2.75) is 0 Å². The molecule has 27 heavy (non-hydrogen) atoms. The predicted molar refractivity (Wildman–Crippen MR) is 99.5 cm³/mol. The van der Waals surface area contributed by atoms with Crippen LogP contribution in [0.25, 0.3) is 6.08 Å². The Morgan fingerprint density at radius 3 is 2.67 bits per heavy atom. The molecule has 0 saturated carbocycles. The quantitative estimate of drug-likeness (QED) is 0.242. The Balaban J connectivity index is 1.98. The fourth-order valence-electron chi connectivity index (χ4n) is 2.07. The first-order valence-electron chi connectivity index (χ1n) is 8.01. The molecule has 0 heterocycles. The van der Waals surface area contributed by atoms with Crippen molar-refractivity contribution in [2.75, 3.05) is 13.2 Å². The topological polar surface area (TPSA) is 120 Å². The van der Waals surface area contributed by atoms with Crippen molar-refractivity contribution in [2.24, 2.45) is 5.10 Å². The van der Waals surface area contributed by atoms with Crippen LogP contribution in [0.5, 0.6) is 5.75 Å². The van der Waals surface area contributed by atoms with Gasteiger partial charge in [-0.1, -0.05) is 24.3 Å². The highest BCUT2D eigenvalue weighted by Gasteiger charge is 2.04. The summed E-state index contributed by atoms with van der Waals surface area (Å²) >= 11 is 0. The van der Waals surface area contributed by atoms with Crippen LogP contribution in [-0.4, -0.2) is 41.6 Å². The van der Waals surface area contributed by atoms with E-state index in [1.807, 2.05) is 0 Å². The summed E-state index contributed by atoms with van der Waals surface area (Å²) in [4.78, 5) is 23.2. The van der Waals surface area contributed by atoms with Crippen molar-refractivity contribution in [3.63, 3.8) is 0 Å². The van der Waals surface area contributed by atoms with Crippen molar-refractivity contribution < 1.29 is 24.6 Å². The minimum absolute atomic E-state index is 0.0761. The van der Waals surface area contributed by atoms with Gasteiger partial charge in [0.25, 0.3) is 11.8 Å². The highest BCUT2D eigenvalue weighted by Crippen LogP contribution is 2.12. The van der Waals surface area contributed by atoms with E-state index in [1.54, 1.807) is 48.5 Å². The minimum atomic E-state index is -0.667. The van der Waals surface area contributed by atoms with Crippen LogP contribution in [0, 0.1) is 0 Å². The first-order chi connectivity index (χ1) is 13.1. The largest absolute Gasteiger partial charge is 0.491 e. The van der Waals surface area contributed by atoms with Gasteiger partial charge in [0.2, 0.25) is 0 Å². The summed E-state index contributed by atoms with van der Waals surface area (Å²) in [7, 11) is 0. The van der Waals surface area contributed by atoms with E-state index in [0.717, 1.165) is 11.6 Å². The fourth-order valence-corrected chi connectivity index (χ4v) is 2.07. The lowest BCUT2D eigenvalue weighted by atomic mass is 10.1. The summed E-state index contributed by atoms with van der Waals surface area (Å²) in [5.74, 6) is -0.494. The molecule has 0 aliphatic rings. The van der Waals surface area contributed by atoms with Gasteiger partial charge < -0.3 is 9.84 Å². The van der Waals surface area contributed by atoms with Crippen molar-refractivity contribution in [3.05, 3.63) is 71.3 Å². The molecule has 4 N–H and O–H groups in total. The molecule has 0 aromatic heterocycles. The van der Waals surface area contributed by atoms with Gasteiger partial charge in [-0.05, 0) is 41.5 Å². The fraction of sp³-hybridized carbons (Fsp3) is 0.105. The molecule has 2 aromatic rings. The third-order valence-corrected chi connectivity index (χ3v) is 3.28. The molecule has 2 aromatic carbocycles. The molecule has 0 bridgehead atoms. The summed E-state index contributed by atoms with van der Waals surface area (Å²) < 4.78 is 5.30. The third-order valence-electron chi connectivity index (χ3n) is 3.28. The Labute approximate surface area is 155 Å². The van der Waals surface area contributed by atoms with E-state index in [0.29, 0.717) is 16.9 Å². The van der Waals surface area contributed by atoms with Crippen molar-refractivity contribution in [3.8, 4) is 5.75 Å². The average Bonchev–Trinajstić information content (AvgIpc) is 2.71. The minimum Gasteiger partial charge on any atom is -0.491 e. The van der Waals surface area contributed by atoms with Gasteiger partial charge in [0.1, 0.15) is 12.4 Å². The maximum Gasteiger partial charge on any atom is 0.271 e.